The lowest BCUT2D eigenvalue weighted by Crippen LogP contribution is -2.26. The van der Waals surface area contributed by atoms with Crippen LogP contribution in [0, 0.1) is 0 Å². The normalized spacial score (nSPS) is 14.0. The molecule has 3 nitrogen and oxygen atoms in total. The highest BCUT2D eigenvalue weighted by molar-refractivity contribution is 6.70. The first-order chi connectivity index (χ1) is 10.1. The first-order valence-electron chi connectivity index (χ1n) is 8.41. The third kappa shape index (κ3) is 13.0. The summed E-state index contributed by atoms with van der Waals surface area (Å²) in [5.41, 5.74) is 0. The van der Waals surface area contributed by atoms with Crippen LogP contribution in [0.2, 0.25) is 39.3 Å². The summed E-state index contributed by atoms with van der Waals surface area (Å²) in [7, 11) is -1.67. The smallest absolute Gasteiger partial charge is 0.268 e. The minimum absolute atomic E-state index is 0.567. The molecule has 0 aliphatic rings. The number of methoxy groups -OCH3 is 1. The molecule has 0 saturated carbocycles. The second-order valence-electron chi connectivity index (χ2n) is 7.55. The third-order valence-electron chi connectivity index (χ3n) is 2.70. The molecular weight excluding hydrogens is 308 g/mol. The van der Waals surface area contributed by atoms with Crippen LogP contribution < -0.4 is 0 Å². The van der Waals surface area contributed by atoms with Crippen molar-refractivity contribution < 1.29 is 13.6 Å². The molecule has 0 fully saturated rings. The van der Waals surface area contributed by atoms with Crippen molar-refractivity contribution in [3.05, 3.63) is 23.9 Å². The van der Waals surface area contributed by atoms with Gasteiger partial charge in [-0.3, -0.25) is 0 Å². The monoisotopic (exact) mass is 344 g/mol. The Bertz CT molecular complexity index is 363. The molecule has 0 atom stereocenters. The largest absolute Gasteiger partial charge is 0.544 e. The van der Waals surface area contributed by atoms with E-state index in [4.69, 9.17) is 13.6 Å². The number of rotatable bonds is 11. The quantitative estimate of drug-likeness (QED) is 0.198. The third-order valence-corrected chi connectivity index (χ3v) is 4.36. The van der Waals surface area contributed by atoms with Crippen molar-refractivity contribution in [3.63, 3.8) is 0 Å². The van der Waals surface area contributed by atoms with Gasteiger partial charge in [-0.1, -0.05) is 26.2 Å². The Morgan fingerprint density at radius 2 is 1.45 bits per heavy atom. The highest BCUT2D eigenvalue weighted by Crippen LogP contribution is 2.18. The van der Waals surface area contributed by atoms with Gasteiger partial charge in [-0.2, -0.15) is 0 Å². The molecule has 0 amide bonds. The molecule has 0 radical (unpaired) electrons. The maximum Gasteiger partial charge on any atom is 0.268 e. The summed E-state index contributed by atoms with van der Waals surface area (Å²) in [5.74, 6) is 1.46. The summed E-state index contributed by atoms with van der Waals surface area (Å²) in [6.07, 6.45) is 10.2. The molecule has 130 valence electrons. The summed E-state index contributed by atoms with van der Waals surface area (Å²) < 4.78 is 17.5. The van der Waals surface area contributed by atoms with E-state index in [1.165, 1.54) is 25.7 Å². The Morgan fingerprint density at radius 3 is 1.91 bits per heavy atom. The van der Waals surface area contributed by atoms with Crippen LogP contribution in [-0.4, -0.2) is 23.7 Å². The lowest BCUT2D eigenvalue weighted by atomic mass is 10.1. The van der Waals surface area contributed by atoms with Crippen molar-refractivity contribution in [1.82, 2.24) is 0 Å². The molecule has 22 heavy (non-hydrogen) atoms. The number of hydrogen-bond donors (Lipinski definition) is 0. The SMILES string of the molecule is CCCCCC/C=C(\C=C(/OC)O[Si](C)(C)C)O[Si](C)(C)C. The molecular formula is C17H36O3Si2. The zero-order chi connectivity index (χ0) is 17.2. The van der Waals surface area contributed by atoms with Crippen LogP contribution in [0.3, 0.4) is 0 Å². The molecule has 0 unspecified atom stereocenters. The fourth-order valence-electron chi connectivity index (χ4n) is 1.85. The van der Waals surface area contributed by atoms with E-state index in [0.717, 1.165) is 12.2 Å². The van der Waals surface area contributed by atoms with Crippen LogP contribution in [-0.2, 0) is 13.6 Å². The zero-order valence-electron chi connectivity index (χ0n) is 15.9. The highest BCUT2D eigenvalue weighted by Gasteiger charge is 2.20. The molecule has 0 bridgehead atoms. The molecule has 0 N–H and O–H groups in total. The Hall–Kier alpha value is -0.686. The zero-order valence-corrected chi connectivity index (χ0v) is 17.9. The van der Waals surface area contributed by atoms with Gasteiger partial charge >= 0.3 is 0 Å². The van der Waals surface area contributed by atoms with Gasteiger partial charge in [-0.05, 0) is 58.2 Å². The van der Waals surface area contributed by atoms with Crippen LogP contribution in [0.15, 0.2) is 23.9 Å². The van der Waals surface area contributed by atoms with Crippen molar-refractivity contribution in [1.29, 1.82) is 0 Å². The summed E-state index contributed by atoms with van der Waals surface area (Å²) in [4.78, 5) is 0. The molecule has 0 aromatic rings. The number of ether oxygens (including phenoxy) is 1. The molecule has 0 aromatic heterocycles. The van der Waals surface area contributed by atoms with E-state index in [9.17, 15) is 0 Å². The Labute approximate surface area is 140 Å². The fraction of sp³-hybridized carbons (Fsp3) is 0.765. The average Bonchev–Trinajstić information content (AvgIpc) is 2.34. The van der Waals surface area contributed by atoms with Crippen molar-refractivity contribution in [2.24, 2.45) is 0 Å². The number of hydrogen-bond acceptors (Lipinski definition) is 3. The molecule has 0 saturated heterocycles. The average molecular weight is 345 g/mol. The molecule has 0 aromatic carbocycles. The minimum Gasteiger partial charge on any atom is -0.544 e. The van der Waals surface area contributed by atoms with Crippen LogP contribution in [0.1, 0.15) is 39.0 Å². The standard InChI is InChI=1S/C17H36O3Si2/c1-9-10-11-12-13-14-16(19-21(3,4)5)15-17(18-2)20-22(6,7)8/h14-15H,9-13H2,1-8H3/b16-14+,17-15+. The van der Waals surface area contributed by atoms with Gasteiger partial charge in [0.15, 0.2) is 0 Å². The first kappa shape index (κ1) is 21.3. The van der Waals surface area contributed by atoms with Gasteiger partial charge in [-0.25, -0.2) is 0 Å². The predicted octanol–water partition coefficient (Wildman–Crippen LogP) is 6.03. The molecule has 0 rings (SSSR count). The second-order valence-corrected chi connectivity index (χ2v) is 16.4. The first-order valence-corrected chi connectivity index (χ1v) is 15.2. The maximum absolute atomic E-state index is 6.17. The van der Waals surface area contributed by atoms with Crippen molar-refractivity contribution in [2.75, 3.05) is 7.11 Å². The van der Waals surface area contributed by atoms with Crippen molar-refractivity contribution in [3.8, 4) is 0 Å². The van der Waals surface area contributed by atoms with Crippen LogP contribution in [0.5, 0.6) is 0 Å². The van der Waals surface area contributed by atoms with Crippen molar-refractivity contribution >= 4 is 16.6 Å². The Morgan fingerprint density at radius 1 is 0.864 bits per heavy atom. The van der Waals surface area contributed by atoms with Gasteiger partial charge in [0.25, 0.3) is 5.95 Å². The highest BCUT2D eigenvalue weighted by atomic mass is 28.4. The van der Waals surface area contributed by atoms with Crippen LogP contribution in [0.4, 0.5) is 0 Å². The van der Waals surface area contributed by atoms with Crippen LogP contribution >= 0.6 is 0 Å². The Kier molecular flexibility index (Phi) is 9.84. The molecule has 0 aliphatic heterocycles. The maximum atomic E-state index is 6.17. The lowest BCUT2D eigenvalue weighted by molar-refractivity contribution is 0.145. The van der Waals surface area contributed by atoms with E-state index in [2.05, 4.69) is 52.3 Å². The van der Waals surface area contributed by atoms with E-state index in [0.29, 0.717) is 5.95 Å². The number of unbranched alkanes of at least 4 members (excludes halogenated alkanes) is 4. The fourth-order valence-corrected chi connectivity index (χ4v) is 3.44. The second kappa shape index (κ2) is 10.2. The van der Waals surface area contributed by atoms with E-state index in [-0.39, 0.29) is 0 Å². The van der Waals surface area contributed by atoms with Gasteiger partial charge in [0.2, 0.25) is 16.6 Å². The summed E-state index contributed by atoms with van der Waals surface area (Å²) in [6, 6.07) is 0. The molecule has 0 heterocycles. The van der Waals surface area contributed by atoms with Crippen LogP contribution in [0.25, 0.3) is 0 Å². The van der Waals surface area contributed by atoms with E-state index in [1.54, 1.807) is 7.11 Å². The summed E-state index contributed by atoms with van der Waals surface area (Å²) in [5, 5.41) is 0. The van der Waals surface area contributed by atoms with E-state index >= 15 is 0 Å². The Balaban J connectivity index is 4.92. The molecule has 5 heteroatoms. The summed E-state index contributed by atoms with van der Waals surface area (Å²) in [6.45, 7) is 15.2. The van der Waals surface area contributed by atoms with Gasteiger partial charge in [0.1, 0.15) is 5.76 Å². The minimum atomic E-state index is -1.68. The van der Waals surface area contributed by atoms with Gasteiger partial charge < -0.3 is 13.6 Å². The van der Waals surface area contributed by atoms with Gasteiger partial charge in [0, 0.05) is 0 Å². The predicted molar refractivity (Wildman–Crippen MR) is 101 cm³/mol. The van der Waals surface area contributed by atoms with Gasteiger partial charge in [-0.15, -0.1) is 0 Å². The molecule has 0 spiro atoms. The topological polar surface area (TPSA) is 27.7 Å². The summed E-state index contributed by atoms with van der Waals surface area (Å²) >= 11 is 0. The van der Waals surface area contributed by atoms with Crippen molar-refractivity contribution in [2.45, 2.75) is 78.3 Å². The van der Waals surface area contributed by atoms with E-state index < -0.39 is 16.6 Å². The van der Waals surface area contributed by atoms with Gasteiger partial charge in [0.05, 0.1) is 13.2 Å². The number of allylic oxidation sites excluding steroid dienone is 2. The molecule has 0 aliphatic carbocycles. The van der Waals surface area contributed by atoms with E-state index in [1.807, 2.05) is 6.08 Å². The lowest BCUT2D eigenvalue weighted by Gasteiger charge is -2.23.